The lowest BCUT2D eigenvalue weighted by Crippen LogP contribution is -1.96. The van der Waals surface area contributed by atoms with Gasteiger partial charge in [0.05, 0.1) is 0 Å². The summed E-state index contributed by atoms with van der Waals surface area (Å²) in [5.74, 6) is 2.77. The Bertz CT molecular complexity index is 327. The van der Waals surface area contributed by atoms with Crippen molar-refractivity contribution in [2.24, 2.45) is 0 Å². The third-order valence-corrected chi connectivity index (χ3v) is 4.75. The number of benzene rings is 1. The average Bonchev–Trinajstić information content (AvgIpc) is 2.67. The van der Waals surface area contributed by atoms with Gasteiger partial charge in [0.15, 0.2) is 0 Å². The fourth-order valence-corrected chi connectivity index (χ4v) is 3.77. The van der Waals surface area contributed by atoms with E-state index in [-0.39, 0.29) is 0 Å². The molecule has 74 valence electrons. The van der Waals surface area contributed by atoms with E-state index in [0.29, 0.717) is 10.9 Å². The molecule has 1 fully saturated rings. The second kappa shape index (κ2) is 4.90. The van der Waals surface area contributed by atoms with Crippen molar-refractivity contribution in [2.45, 2.75) is 12.8 Å². The minimum absolute atomic E-state index is 0.542. The first-order valence-corrected chi connectivity index (χ1v) is 6.95. The zero-order chi connectivity index (χ0) is 9.80. The third-order valence-electron chi connectivity index (χ3n) is 2.36. The van der Waals surface area contributed by atoms with E-state index in [4.69, 9.17) is 11.6 Å². The van der Waals surface area contributed by atoms with Gasteiger partial charge in [0, 0.05) is 15.9 Å². The molecule has 0 radical (unpaired) electrons. The van der Waals surface area contributed by atoms with Crippen LogP contribution in [0.3, 0.4) is 0 Å². The smallest absolute Gasteiger partial charge is 0.0843 e. The lowest BCUT2D eigenvalue weighted by Gasteiger charge is -1.94. The van der Waals surface area contributed by atoms with Crippen molar-refractivity contribution in [3.63, 3.8) is 0 Å². The Labute approximate surface area is 93.3 Å². The first kappa shape index (κ1) is 10.1. The van der Waals surface area contributed by atoms with Crippen molar-refractivity contribution in [1.82, 2.24) is 0 Å². The van der Waals surface area contributed by atoms with Crippen LogP contribution in [-0.4, -0.2) is 11.5 Å². The van der Waals surface area contributed by atoms with Crippen LogP contribution in [0.5, 0.6) is 0 Å². The van der Waals surface area contributed by atoms with Gasteiger partial charge in [-0.1, -0.05) is 23.7 Å². The topological polar surface area (TPSA) is 0 Å². The first-order valence-electron chi connectivity index (χ1n) is 4.95. The summed E-state index contributed by atoms with van der Waals surface area (Å²) in [6.07, 6.45) is 5.02. The highest BCUT2D eigenvalue weighted by atomic mass is 35.5. The molecule has 0 unspecified atom stereocenters. The molecule has 1 aliphatic heterocycles. The van der Waals surface area contributed by atoms with Crippen molar-refractivity contribution in [1.29, 1.82) is 0 Å². The largest absolute Gasteiger partial charge is 0.119 e. The maximum absolute atomic E-state index is 5.91. The molecule has 0 saturated carbocycles. The monoisotopic (exact) mass is 225 g/mol. The van der Waals surface area contributed by atoms with Crippen LogP contribution in [0.4, 0.5) is 0 Å². The van der Waals surface area contributed by atoms with Gasteiger partial charge in [-0.15, -0.1) is 0 Å². The van der Waals surface area contributed by atoms with Crippen LogP contribution in [0.25, 0.3) is 6.08 Å². The third kappa shape index (κ3) is 2.79. The molecule has 14 heavy (non-hydrogen) atoms. The van der Waals surface area contributed by atoms with Crippen molar-refractivity contribution < 1.29 is 0 Å². The summed E-state index contributed by atoms with van der Waals surface area (Å²) in [4.78, 5) is 0. The second-order valence-corrected chi connectivity index (χ2v) is 6.11. The molecule has 2 heteroatoms. The quantitative estimate of drug-likeness (QED) is 0.673. The van der Waals surface area contributed by atoms with Gasteiger partial charge in [-0.3, -0.25) is 0 Å². The Kier molecular flexibility index (Phi) is 3.55. The predicted octanol–water partition coefficient (Wildman–Crippen LogP) is 3.72. The minimum Gasteiger partial charge on any atom is -0.0843 e. The normalized spacial score (nSPS) is 18.1. The summed E-state index contributed by atoms with van der Waals surface area (Å²) in [6, 6.07) is 8.02. The summed E-state index contributed by atoms with van der Waals surface area (Å²) in [7, 11) is 0.542. The number of rotatable bonds is 2. The SMILES string of the molecule is Clc1cccc(C=C[S+]2CCCC2)c1. The molecule has 1 aliphatic rings. The standard InChI is InChI=1S/C12H14ClS/c13-12-5-3-4-11(10-12)6-9-14-7-1-2-8-14/h3-6,9-10H,1-2,7-8H2/q+1. The predicted molar refractivity (Wildman–Crippen MR) is 66.8 cm³/mol. The maximum Gasteiger partial charge on any atom is 0.119 e. The van der Waals surface area contributed by atoms with Crippen molar-refractivity contribution >= 4 is 28.6 Å². The highest BCUT2D eigenvalue weighted by molar-refractivity contribution is 7.99. The second-order valence-electron chi connectivity index (χ2n) is 3.51. The lowest BCUT2D eigenvalue weighted by atomic mass is 10.2. The molecule has 1 saturated heterocycles. The van der Waals surface area contributed by atoms with Crippen LogP contribution in [0.1, 0.15) is 18.4 Å². The zero-order valence-corrected chi connectivity index (χ0v) is 9.65. The Balaban J connectivity index is 2.02. The molecule has 0 nitrogen and oxygen atoms in total. The molecule has 2 rings (SSSR count). The van der Waals surface area contributed by atoms with Gasteiger partial charge in [0.25, 0.3) is 0 Å². The molecule has 0 bridgehead atoms. The summed E-state index contributed by atoms with van der Waals surface area (Å²) in [5.41, 5.74) is 1.22. The summed E-state index contributed by atoms with van der Waals surface area (Å²) in [5, 5.41) is 3.18. The molecule has 0 N–H and O–H groups in total. The van der Waals surface area contributed by atoms with Gasteiger partial charge >= 0.3 is 0 Å². The van der Waals surface area contributed by atoms with Gasteiger partial charge in [0.1, 0.15) is 16.9 Å². The molecule has 1 aromatic rings. The molecule has 0 aliphatic carbocycles. The van der Waals surface area contributed by atoms with E-state index in [2.05, 4.69) is 17.6 Å². The van der Waals surface area contributed by atoms with Crippen molar-refractivity contribution in [2.75, 3.05) is 11.5 Å². The van der Waals surface area contributed by atoms with Crippen LogP contribution in [-0.2, 0) is 10.9 Å². The maximum atomic E-state index is 5.91. The van der Waals surface area contributed by atoms with Crippen LogP contribution in [0.15, 0.2) is 29.7 Å². The fourth-order valence-electron chi connectivity index (χ4n) is 1.60. The molecular formula is C12H14ClS+. The highest BCUT2D eigenvalue weighted by Gasteiger charge is 2.20. The number of hydrogen-bond donors (Lipinski definition) is 0. The molecule has 1 aromatic carbocycles. The van der Waals surface area contributed by atoms with E-state index in [0.717, 1.165) is 5.02 Å². The summed E-state index contributed by atoms with van der Waals surface area (Å²) >= 11 is 5.91. The van der Waals surface area contributed by atoms with Gasteiger partial charge in [-0.2, -0.15) is 0 Å². The first-order chi connectivity index (χ1) is 6.84. The number of halogens is 1. The average molecular weight is 226 g/mol. The van der Waals surface area contributed by atoms with Gasteiger partial charge < -0.3 is 0 Å². The van der Waals surface area contributed by atoms with Crippen LogP contribution in [0.2, 0.25) is 5.02 Å². The van der Waals surface area contributed by atoms with Gasteiger partial charge in [0.2, 0.25) is 0 Å². The molecule has 0 atom stereocenters. The van der Waals surface area contributed by atoms with Gasteiger partial charge in [-0.25, -0.2) is 0 Å². The molecule has 1 heterocycles. The number of hydrogen-bond acceptors (Lipinski definition) is 0. The van der Waals surface area contributed by atoms with Crippen LogP contribution in [0, 0.1) is 0 Å². The fraction of sp³-hybridized carbons (Fsp3) is 0.333. The van der Waals surface area contributed by atoms with E-state index >= 15 is 0 Å². The van der Waals surface area contributed by atoms with Crippen molar-refractivity contribution in [3.05, 3.63) is 40.3 Å². The van der Waals surface area contributed by atoms with Crippen LogP contribution >= 0.6 is 11.6 Å². The van der Waals surface area contributed by atoms with Crippen molar-refractivity contribution in [3.8, 4) is 0 Å². The van der Waals surface area contributed by atoms with Gasteiger partial charge in [-0.05, 0) is 36.6 Å². The van der Waals surface area contributed by atoms with E-state index in [1.165, 1.54) is 29.9 Å². The summed E-state index contributed by atoms with van der Waals surface area (Å²) in [6.45, 7) is 0. The minimum atomic E-state index is 0.542. The Morgan fingerprint density at radius 2 is 2.00 bits per heavy atom. The molecule has 0 amide bonds. The van der Waals surface area contributed by atoms with E-state index in [9.17, 15) is 0 Å². The molecule has 0 aromatic heterocycles. The zero-order valence-electron chi connectivity index (χ0n) is 8.08. The highest BCUT2D eigenvalue weighted by Crippen LogP contribution is 2.17. The van der Waals surface area contributed by atoms with E-state index in [1.807, 2.05) is 18.2 Å². The van der Waals surface area contributed by atoms with E-state index < -0.39 is 0 Å². The Morgan fingerprint density at radius 1 is 1.21 bits per heavy atom. The Morgan fingerprint density at radius 3 is 2.71 bits per heavy atom. The summed E-state index contributed by atoms with van der Waals surface area (Å²) < 4.78 is 0. The van der Waals surface area contributed by atoms with E-state index in [1.54, 1.807) is 0 Å². The molecular weight excluding hydrogens is 212 g/mol. The Hall–Kier alpha value is -0.400. The molecule has 0 spiro atoms. The van der Waals surface area contributed by atoms with Crippen LogP contribution < -0.4 is 0 Å². The lowest BCUT2D eigenvalue weighted by molar-refractivity contribution is 0.949.